The zero-order chi connectivity index (χ0) is 29.0. The summed E-state index contributed by atoms with van der Waals surface area (Å²) >= 11 is 1.10. The Morgan fingerprint density at radius 1 is 1.07 bits per heavy atom. The van der Waals surface area contributed by atoms with Gasteiger partial charge in [-0.15, -0.1) is 11.8 Å². The fourth-order valence-electron chi connectivity index (χ4n) is 4.16. The largest absolute Gasteiger partial charge is 0.477 e. The van der Waals surface area contributed by atoms with Gasteiger partial charge in [0.05, 0.1) is 5.25 Å². The molecule has 0 aliphatic carbocycles. The number of amides is 6. The SMILES string of the molecule is CN(C(=O)NC(C(=O)NC1C(=O)N2C(C(=O)O)=CC(COC(N)=O)S[C@H]12)c1ccccc1)C(=O)c1ccccc1. The number of carboxylic acid groups (broad SMARTS) is 1. The average Bonchev–Trinajstić information content (AvgIpc) is 2.96. The van der Waals surface area contributed by atoms with Crippen LogP contribution in [0.15, 0.2) is 72.4 Å². The van der Waals surface area contributed by atoms with E-state index in [0.717, 1.165) is 21.6 Å². The molecule has 0 aromatic heterocycles. The van der Waals surface area contributed by atoms with Crippen molar-refractivity contribution in [1.29, 1.82) is 0 Å². The van der Waals surface area contributed by atoms with Crippen molar-refractivity contribution in [2.24, 2.45) is 5.73 Å². The number of rotatable bonds is 8. The average molecular weight is 568 g/mol. The predicted molar refractivity (Wildman–Crippen MR) is 141 cm³/mol. The van der Waals surface area contributed by atoms with Crippen molar-refractivity contribution in [1.82, 2.24) is 20.4 Å². The number of thioether (sulfide) groups is 1. The number of nitrogens with one attached hydrogen (secondary N) is 2. The molecule has 1 saturated heterocycles. The molecule has 4 atom stereocenters. The van der Waals surface area contributed by atoms with Crippen LogP contribution in [0.1, 0.15) is 22.0 Å². The van der Waals surface area contributed by atoms with Gasteiger partial charge in [-0.05, 0) is 23.8 Å². The highest BCUT2D eigenvalue weighted by molar-refractivity contribution is 8.00. The molecule has 0 saturated carbocycles. The number of fused-ring (bicyclic) bond motifs is 1. The summed E-state index contributed by atoms with van der Waals surface area (Å²) < 4.78 is 4.78. The number of nitrogens with two attached hydrogens (primary N) is 1. The van der Waals surface area contributed by atoms with Crippen LogP contribution < -0.4 is 16.4 Å². The van der Waals surface area contributed by atoms with Crippen LogP contribution in [0.4, 0.5) is 9.59 Å². The van der Waals surface area contributed by atoms with Crippen LogP contribution in [0.3, 0.4) is 0 Å². The van der Waals surface area contributed by atoms with Gasteiger partial charge in [-0.2, -0.15) is 0 Å². The lowest BCUT2D eigenvalue weighted by molar-refractivity contribution is -0.150. The first-order chi connectivity index (χ1) is 19.1. The van der Waals surface area contributed by atoms with E-state index in [9.17, 15) is 33.9 Å². The smallest absolute Gasteiger partial charge is 0.404 e. The van der Waals surface area contributed by atoms with Gasteiger partial charge in [-0.3, -0.25) is 24.2 Å². The van der Waals surface area contributed by atoms with Crippen molar-refractivity contribution in [2.75, 3.05) is 13.7 Å². The Bertz CT molecular complexity index is 1370. The molecule has 1 fully saturated rings. The number of carbonyl (C=O) groups is 6. The lowest BCUT2D eigenvalue weighted by Crippen LogP contribution is -2.71. The first kappa shape index (κ1) is 28.2. The van der Waals surface area contributed by atoms with Gasteiger partial charge in [0, 0.05) is 12.6 Å². The molecule has 2 aliphatic rings. The quantitative estimate of drug-likeness (QED) is 0.338. The topological polar surface area (TPSA) is 188 Å². The van der Waals surface area contributed by atoms with Gasteiger partial charge in [-0.25, -0.2) is 14.4 Å². The van der Waals surface area contributed by atoms with Crippen LogP contribution in [0, 0.1) is 0 Å². The molecule has 2 aliphatic heterocycles. The molecule has 2 aromatic rings. The van der Waals surface area contributed by atoms with Crippen molar-refractivity contribution in [3.05, 3.63) is 83.6 Å². The van der Waals surface area contributed by atoms with Crippen molar-refractivity contribution >= 4 is 47.6 Å². The number of ether oxygens (including phenoxy) is 1. The second kappa shape index (κ2) is 11.9. The van der Waals surface area contributed by atoms with E-state index >= 15 is 0 Å². The molecule has 5 N–H and O–H groups in total. The second-order valence-electron chi connectivity index (χ2n) is 8.77. The van der Waals surface area contributed by atoms with Crippen molar-refractivity contribution in [2.45, 2.75) is 22.7 Å². The molecule has 40 heavy (non-hydrogen) atoms. The van der Waals surface area contributed by atoms with E-state index in [1.54, 1.807) is 60.7 Å². The number of primary amides is 1. The van der Waals surface area contributed by atoms with E-state index in [2.05, 4.69) is 10.6 Å². The van der Waals surface area contributed by atoms with Crippen LogP contribution in [0.2, 0.25) is 0 Å². The Balaban J connectivity index is 1.51. The Morgan fingerprint density at radius 2 is 1.70 bits per heavy atom. The van der Waals surface area contributed by atoms with E-state index in [-0.39, 0.29) is 17.9 Å². The highest BCUT2D eigenvalue weighted by Crippen LogP contribution is 2.41. The normalized spacial score (nSPS) is 20.1. The number of hydrogen-bond acceptors (Lipinski definition) is 8. The summed E-state index contributed by atoms with van der Waals surface area (Å²) in [7, 11) is 1.27. The molecule has 6 amide bonds. The number of hydrogen-bond donors (Lipinski definition) is 4. The number of β-lactam (4-membered cyclic amide) rings is 1. The van der Waals surface area contributed by atoms with E-state index in [1.807, 2.05) is 0 Å². The van der Waals surface area contributed by atoms with Gasteiger partial charge in [-0.1, -0.05) is 48.5 Å². The lowest BCUT2D eigenvalue weighted by Gasteiger charge is -2.49. The third kappa shape index (κ3) is 5.91. The van der Waals surface area contributed by atoms with Gasteiger partial charge in [0.2, 0.25) is 5.91 Å². The molecule has 0 spiro atoms. The first-order valence-electron chi connectivity index (χ1n) is 11.9. The molecule has 13 nitrogen and oxygen atoms in total. The molecule has 2 aromatic carbocycles. The minimum Gasteiger partial charge on any atom is -0.477 e. The van der Waals surface area contributed by atoms with Gasteiger partial charge in [0.1, 0.15) is 29.8 Å². The maximum atomic E-state index is 13.5. The monoisotopic (exact) mass is 567 g/mol. The predicted octanol–water partition coefficient (Wildman–Crippen LogP) is 1.04. The summed E-state index contributed by atoms with van der Waals surface area (Å²) in [5.74, 6) is -3.38. The number of urea groups is 1. The van der Waals surface area contributed by atoms with Gasteiger partial charge in [0.15, 0.2) is 0 Å². The highest BCUT2D eigenvalue weighted by atomic mass is 32.2. The van der Waals surface area contributed by atoms with Crippen LogP contribution in [0.25, 0.3) is 0 Å². The van der Waals surface area contributed by atoms with Gasteiger partial charge in [0.25, 0.3) is 11.8 Å². The Morgan fingerprint density at radius 3 is 2.30 bits per heavy atom. The molecular weight excluding hydrogens is 542 g/mol. The van der Waals surface area contributed by atoms with Crippen LogP contribution in [-0.2, 0) is 19.1 Å². The molecule has 208 valence electrons. The van der Waals surface area contributed by atoms with Crippen molar-refractivity contribution in [3.63, 3.8) is 0 Å². The van der Waals surface area contributed by atoms with Crippen molar-refractivity contribution < 1.29 is 38.6 Å². The first-order valence-corrected chi connectivity index (χ1v) is 12.9. The summed E-state index contributed by atoms with van der Waals surface area (Å²) in [5, 5.41) is 13.3. The molecule has 3 unspecified atom stereocenters. The molecule has 4 rings (SSSR count). The number of benzene rings is 2. The maximum absolute atomic E-state index is 13.5. The van der Waals surface area contributed by atoms with Crippen LogP contribution >= 0.6 is 11.8 Å². The summed E-state index contributed by atoms with van der Waals surface area (Å²) in [6.45, 7) is -0.236. The zero-order valence-electron chi connectivity index (χ0n) is 21.1. The highest BCUT2D eigenvalue weighted by Gasteiger charge is 2.54. The minimum atomic E-state index is -1.37. The third-order valence-electron chi connectivity index (χ3n) is 6.16. The summed E-state index contributed by atoms with van der Waals surface area (Å²) in [5.41, 5.74) is 5.35. The fourth-order valence-corrected chi connectivity index (χ4v) is 5.56. The molecule has 0 bridgehead atoms. The van der Waals surface area contributed by atoms with Crippen LogP contribution in [0.5, 0.6) is 0 Å². The lowest BCUT2D eigenvalue weighted by atomic mass is 10.0. The van der Waals surface area contributed by atoms with E-state index in [0.29, 0.717) is 5.56 Å². The van der Waals surface area contributed by atoms with E-state index < -0.39 is 58.5 Å². The number of carbonyl (C=O) groups excluding carboxylic acids is 5. The summed E-state index contributed by atoms with van der Waals surface area (Å²) in [4.78, 5) is 76.7. The fraction of sp³-hybridized carbons (Fsp3) is 0.231. The third-order valence-corrected chi connectivity index (χ3v) is 7.54. The number of aliphatic carboxylic acids is 1. The van der Waals surface area contributed by atoms with E-state index in [4.69, 9.17) is 10.5 Å². The zero-order valence-corrected chi connectivity index (χ0v) is 21.9. The summed E-state index contributed by atoms with van der Waals surface area (Å²) in [6.07, 6.45) is 0.231. The molecule has 14 heteroatoms. The molecule has 0 radical (unpaired) electrons. The Kier molecular flexibility index (Phi) is 8.38. The standard InChI is InChI=1S/C26H25N5O8S/c1-30(21(33)15-10-6-3-7-11-15)26(38)29-18(14-8-4-2-5-9-14)20(32)28-19-22(34)31-17(24(35)36)12-16(40-23(19)31)13-39-25(27)37/h2-12,16,18-19,23H,13H2,1H3,(H2,27,37)(H,28,32)(H,29,38)(H,35,36)/t16?,18?,19?,23-/m1/s1. The Hall–Kier alpha value is -4.85. The van der Waals surface area contributed by atoms with Crippen molar-refractivity contribution in [3.8, 4) is 0 Å². The maximum Gasteiger partial charge on any atom is 0.404 e. The van der Waals surface area contributed by atoms with E-state index in [1.165, 1.54) is 13.1 Å². The molecular formula is C26H25N5O8S. The molecule has 2 heterocycles. The minimum absolute atomic E-state index is 0.236. The van der Waals surface area contributed by atoms with Gasteiger partial charge < -0.3 is 26.2 Å². The number of imide groups is 1. The van der Waals surface area contributed by atoms with Gasteiger partial charge >= 0.3 is 18.1 Å². The van der Waals surface area contributed by atoms with Crippen LogP contribution in [-0.4, -0.2) is 81.0 Å². The number of nitrogens with zero attached hydrogens (tertiary/aromatic N) is 2. The summed E-state index contributed by atoms with van der Waals surface area (Å²) in [6, 6.07) is 13.0. The number of carboxylic acids is 1. The second-order valence-corrected chi connectivity index (χ2v) is 10.1. The Labute approximate surface area is 232 Å².